The Morgan fingerprint density at radius 2 is 1.68 bits per heavy atom. The molecule has 4 rings (SSSR count). The molecule has 1 saturated heterocycles. The summed E-state index contributed by atoms with van der Waals surface area (Å²) in [6.07, 6.45) is -0.871. The highest BCUT2D eigenvalue weighted by atomic mass is 35.5. The Bertz CT molecular complexity index is 1110. The molecule has 3 aromatic rings. The average Bonchev–Trinajstić information content (AvgIpc) is 3.13. The molecule has 1 aliphatic heterocycles. The van der Waals surface area contributed by atoms with Crippen molar-refractivity contribution in [2.24, 2.45) is 0 Å². The van der Waals surface area contributed by atoms with E-state index < -0.39 is 23.7 Å². The molecule has 2 heterocycles. The zero-order chi connectivity index (χ0) is 23.2. The Morgan fingerprint density at radius 1 is 1.06 bits per heavy atom. The fourth-order valence-corrected chi connectivity index (χ4v) is 4.02. The second-order valence-corrected chi connectivity index (χ2v) is 8.14. The summed E-state index contributed by atoms with van der Waals surface area (Å²) in [6, 6.07) is 16.9. The first-order valence-electron chi connectivity index (χ1n) is 10.7. The molecular formula is C24H26Cl2N2O6. The Morgan fingerprint density at radius 3 is 2.29 bits per heavy atom. The number of carbonyl (C=O) groups is 1. The van der Waals surface area contributed by atoms with Crippen molar-refractivity contribution in [2.45, 2.75) is 18.8 Å². The number of carboxylic acid groups (broad SMARTS) is 1. The van der Waals surface area contributed by atoms with E-state index in [1.165, 1.54) is 0 Å². The lowest BCUT2D eigenvalue weighted by atomic mass is 10.1. The zero-order valence-corrected chi connectivity index (χ0v) is 19.9. The molecule has 1 aromatic heterocycles. The smallest absolute Gasteiger partial charge is 0.332 e. The molecule has 2 unspecified atom stereocenters. The van der Waals surface area contributed by atoms with E-state index in [0.717, 1.165) is 10.3 Å². The van der Waals surface area contributed by atoms with Gasteiger partial charge in [0.15, 0.2) is 16.8 Å². The van der Waals surface area contributed by atoms with Crippen LogP contribution >= 0.6 is 24.0 Å². The molecule has 1 fully saturated rings. The average molecular weight is 509 g/mol. The van der Waals surface area contributed by atoms with Crippen LogP contribution in [0, 0.1) is 0 Å². The SMILES string of the molecule is Cl.O=C(O)C(C(CN1CCOCC1)OCc1ccccc1)n1oc(-c2ccccc2)c(Cl)c1=O. The second-order valence-electron chi connectivity index (χ2n) is 7.76. The van der Waals surface area contributed by atoms with Crippen molar-refractivity contribution in [3.05, 3.63) is 81.6 Å². The van der Waals surface area contributed by atoms with Gasteiger partial charge >= 0.3 is 11.5 Å². The lowest BCUT2D eigenvalue weighted by molar-refractivity contribution is -0.151. The molecule has 0 radical (unpaired) electrons. The summed E-state index contributed by atoms with van der Waals surface area (Å²) < 4.78 is 18.1. The van der Waals surface area contributed by atoms with Gasteiger partial charge < -0.3 is 19.1 Å². The van der Waals surface area contributed by atoms with Crippen molar-refractivity contribution in [1.29, 1.82) is 0 Å². The largest absolute Gasteiger partial charge is 0.480 e. The zero-order valence-electron chi connectivity index (χ0n) is 18.3. The summed E-state index contributed by atoms with van der Waals surface area (Å²) in [7, 11) is 0. The van der Waals surface area contributed by atoms with Crippen LogP contribution in [-0.2, 0) is 20.9 Å². The fourth-order valence-electron chi connectivity index (χ4n) is 3.80. The minimum Gasteiger partial charge on any atom is -0.480 e. The quantitative estimate of drug-likeness (QED) is 0.470. The van der Waals surface area contributed by atoms with Gasteiger partial charge in [0, 0.05) is 25.2 Å². The first-order valence-corrected chi connectivity index (χ1v) is 11.1. The monoisotopic (exact) mass is 508 g/mol. The molecule has 34 heavy (non-hydrogen) atoms. The predicted molar refractivity (Wildman–Crippen MR) is 130 cm³/mol. The van der Waals surface area contributed by atoms with E-state index in [9.17, 15) is 14.7 Å². The van der Waals surface area contributed by atoms with Crippen molar-refractivity contribution in [3.8, 4) is 11.3 Å². The van der Waals surface area contributed by atoms with Gasteiger partial charge in [0.2, 0.25) is 0 Å². The molecule has 182 valence electrons. The third-order valence-corrected chi connectivity index (χ3v) is 5.85. The molecule has 0 spiro atoms. The molecule has 0 amide bonds. The number of nitrogens with zero attached hydrogens (tertiary/aromatic N) is 2. The maximum Gasteiger partial charge on any atom is 0.332 e. The maximum atomic E-state index is 13.0. The number of morpholine rings is 1. The molecule has 10 heteroatoms. The topological polar surface area (TPSA) is 94.1 Å². The Balaban J connectivity index is 0.00000324. The number of carboxylic acids is 1. The van der Waals surface area contributed by atoms with Crippen molar-refractivity contribution >= 4 is 30.0 Å². The summed E-state index contributed by atoms with van der Waals surface area (Å²) in [5.74, 6) is -1.12. The summed E-state index contributed by atoms with van der Waals surface area (Å²) in [4.78, 5) is 27.4. The van der Waals surface area contributed by atoms with E-state index in [2.05, 4.69) is 4.90 Å². The van der Waals surface area contributed by atoms with Gasteiger partial charge in [0.05, 0.1) is 19.8 Å². The molecule has 8 nitrogen and oxygen atoms in total. The molecule has 1 aliphatic rings. The lowest BCUT2D eigenvalue weighted by Gasteiger charge is -2.32. The van der Waals surface area contributed by atoms with Gasteiger partial charge in [0.1, 0.15) is 6.10 Å². The van der Waals surface area contributed by atoms with Gasteiger partial charge in [0.25, 0.3) is 0 Å². The Hall–Kier alpha value is -2.62. The van der Waals surface area contributed by atoms with Crippen LogP contribution in [0.15, 0.2) is 70.0 Å². The van der Waals surface area contributed by atoms with Crippen molar-refractivity contribution in [2.75, 3.05) is 32.8 Å². The van der Waals surface area contributed by atoms with E-state index in [4.69, 9.17) is 25.6 Å². The van der Waals surface area contributed by atoms with E-state index in [1.807, 2.05) is 36.4 Å². The number of aliphatic carboxylic acids is 1. The van der Waals surface area contributed by atoms with E-state index in [-0.39, 0.29) is 29.8 Å². The van der Waals surface area contributed by atoms with Crippen LogP contribution in [0.3, 0.4) is 0 Å². The highest BCUT2D eigenvalue weighted by Gasteiger charge is 2.37. The highest BCUT2D eigenvalue weighted by Crippen LogP contribution is 2.28. The van der Waals surface area contributed by atoms with Gasteiger partial charge in [-0.15, -0.1) is 12.4 Å². The number of ether oxygens (including phenoxy) is 2. The van der Waals surface area contributed by atoms with Crippen LogP contribution in [0.1, 0.15) is 11.6 Å². The molecule has 1 N–H and O–H groups in total. The molecule has 0 bridgehead atoms. The van der Waals surface area contributed by atoms with Crippen LogP contribution in [0.2, 0.25) is 5.02 Å². The van der Waals surface area contributed by atoms with Crippen LogP contribution in [-0.4, -0.2) is 59.7 Å². The highest BCUT2D eigenvalue weighted by molar-refractivity contribution is 6.32. The van der Waals surface area contributed by atoms with Gasteiger partial charge in [-0.2, -0.15) is 4.74 Å². The van der Waals surface area contributed by atoms with Crippen LogP contribution < -0.4 is 5.56 Å². The van der Waals surface area contributed by atoms with E-state index in [0.29, 0.717) is 38.4 Å². The number of halogens is 2. The number of aromatic nitrogens is 1. The van der Waals surface area contributed by atoms with Crippen molar-refractivity contribution < 1.29 is 23.9 Å². The molecule has 0 aliphatic carbocycles. The van der Waals surface area contributed by atoms with Crippen molar-refractivity contribution in [3.63, 3.8) is 0 Å². The van der Waals surface area contributed by atoms with Gasteiger partial charge in [-0.05, 0) is 5.56 Å². The summed E-state index contributed by atoms with van der Waals surface area (Å²) in [5, 5.41) is 9.97. The van der Waals surface area contributed by atoms with Gasteiger partial charge in [-0.25, -0.2) is 4.79 Å². The van der Waals surface area contributed by atoms with E-state index >= 15 is 0 Å². The van der Waals surface area contributed by atoms with Crippen LogP contribution in [0.25, 0.3) is 11.3 Å². The minimum atomic E-state index is -1.40. The number of rotatable bonds is 9. The lowest BCUT2D eigenvalue weighted by Crippen LogP contribution is -2.47. The summed E-state index contributed by atoms with van der Waals surface area (Å²) in [6.45, 7) is 2.86. The molecule has 2 atom stereocenters. The van der Waals surface area contributed by atoms with Crippen LogP contribution in [0.4, 0.5) is 0 Å². The first kappa shape index (κ1) is 26.0. The number of benzene rings is 2. The van der Waals surface area contributed by atoms with Gasteiger partial charge in [-0.3, -0.25) is 9.69 Å². The minimum absolute atomic E-state index is 0. The van der Waals surface area contributed by atoms with Crippen LogP contribution in [0.5, 0.6) is 0 Å². The summed E-state index contributed by atoms with van der Waals surface area (Å²) >= 11 is 6.28. The second kappa shape index (κ2) is 12.2. The fraction of sp³-hybridized carbons (Fsp3) is 0.333. The normalized spacial score (nSPS) is 15.9. The standard InChI is InChI=1S/C24H25ClN2O6.ClH/c25-20-22(18-9-5-2-6-10-18)33-27(23(20)28)21(24(29)30)19(15-26-11-13-31-14-12-26)32-16-17-7-3-1-4-8-17;/h1-10,19,21H,11-16H2,(H,29,30);1H. The first-order chi connectivity index (χ1) is 16.0. The number of hydrogen-bond acceptors (Lipinski definition) is 6. The van der Waals surface area contributed by atoms with Crippen molar-refractivity contribution in [1.82, 2.24) is 9.64 Å². The predicted octanol–water partition coefficient (Wildman–Crippen LogP) is 3.73. The van der Waals surface area contributed by atoms with Gasteiger partial charge in [-0.1, -0.05) is 72.3 Å². The third-order valence-electron chi connectivity index (χ3n) is 5.52. The molecule has 2 aromatic carbocycles. The Kier molecular flexibility index (Phi) is 9.32. The Labute approximate surface area is 208 Å². The maximum absolute atomic E-state index is 13.0. The molecular weight excluding hydrogens is 483 g/mol. The number of hydrogen-bond donors (Lipinski definition) is 1. The summed E-state index contributed by atoms with van der Waals surface area (Å²) in [5.41, 5.74) is 0.763. The van der Waals surface area contributed by atoms with E-state index in [1.54, 1.807) is 24.3 Å². The third kappa shape index (κ3) is 6.08. The molecule has 0 saturated carbocycles.